The zero-order valence-corrected chi connectivity index (χ0v) is 11.2. The van der Waals surface area contributed by atoms with Crippen molar-refractivity contribution in [2.75, 3.05) is 31.1 Å². The Morgan fingerprint density at radius 1 is 1.68 bits per heavy atom. The number of carbonyl (C=O) groups is 1. The van der Waals surface area contributed by atoms with Gasteiger partial charge in [0.15, 0.2) is 0 Å². The SMILES string of the molecule is CCOC(=O)C1CNCCN1c1cn[nH]c(=O)c1Cl. The van der Waals surface area contributed by atoms with Crippen LogP contribution in [0, 0.1) is 0 Å². The van der Waals surface area contributed by atoms with Gasteiger partial charge in [0.25, 0.3) is 5.56 Å². The van der Waals surface area contributed by atoms with Crippen molar-refractivity contribution in [3.05, 3.63) is 21.6 Å². The topological polar surface area (TPSA) is 87.3 Å². The number of carbonyl (C=O) groups excluding carboxylic acids is 1. The van der Waals surface area contributed by atoms with E-state index in [-0.39, 0.29) is 11.0 Å². The fourth-order valence-corrected chi connectivity index (χ4v) is 2.22. The first-order valence-electron chi connectivity index (χ1n) is 6.02. The first kappa shape index (κ1) is 13.8. The number of aromatic amines is 1. The molecule has 0 saturated carbocycles. The highest BCUT2D eigenvalue weighted by molar-refractivity contribution is 6.33. The Morgan fingerprint density at radius 3 is 3.21 bits per heavy atom. The molecule has 0 bridgehead atoms. The van der Waals surface area contributed by atoms with E-state index in [2.05, 4.69) is 15.5 Å². The Labute approximate surface area is 114 Å². The first-order chi connectivity index (χ1) is 9.15. The van der Waals surface area contributed by atoms with Crippen LogP contribution in [0.15, 0.2) is 11.0 Å². The summed E-state index contributed by atoms with van der Waals surface area (Å²) in [5.74, 6) is -0.342. The first-order valence-corrected chi connectivity index (χ1v) is 6.40. The maximum Gasteiger partial charge on any atom is 0.330 e. The number of halogens is 1. The normalized spacial score (nSPS) is 19.3. The highest BCUT2D eigenvalue weighted by atomic mass is 35.5. The summed E-state index contributed by atoms with van der Waals surface area (Å²) in [4.78, 5) is 25.2. The van der Waals surface area contributed by atoms with Crippen molar-refractivity contribution in [1.82, 2.24) is 15.5 Å². The van der Waals surface area contributed by atoms with Crippen molar-refractivity contribution < 1.29 is 9.53 Å². The van der Waals surface area contributed by atoms with Crippen molar-refractivity contribution in [3.63, 3.8) is 0 Å². The molecule has 0 amide bonds. The van der Waals surface area contributed by atoms with E-state index < -0.39 is 11.6 Å². The minimum Gasteiger partial charge on any atom is -0.464 e. The fraction of sp³-hybridized carbons (Fsp3) is 0.545. The summed E-state index contributed by atoms with van der Waals surface area (Å²) in [5, 5.41) is 9.13. The van der Waals surface area contributed by atoms with Crippen LogP contribution in [0.5, 0.6) is 0 Å². The van der Waals surface area contributed by atoms with Crippen LogP contribution < -0.4 is 15.8 Å². The predicted octanol–water partition coefficient (Wildman–Crippen LogP) is -0.235. The average Bonchev–Trinajstić information content (AvgIpc) is 2.42. The van der Waals surface area contributed by atoms with Gasteiger partial charge in [0, 0.05) is 19.6 Å². The number of hydrogen-bond donors (Lipinski definition) is 2. The van der Waals surface area contributed by atoms with Crippen molar-refractivity contribution in [1.29, 1.82) is 0 Å². The molecular formula is C11H15ClN4O3. The summed E-state index contributed by atoms with van der Waals surface area (Å²) in [6.07, 6.45) is 1.45. The molecule has 1 aromatic rings. The van der Waals surface area contributed by atoms with Gasteiger partial charge < -0.3 is 15.0 Å². The molecule has 1 aliphatic heterocycles. The van der Waals surface area contributed by atoms with E-state index in [1.165, 1.54) is 6.20 Å². The molecule has 0 aromatic carbocycles. The second-order valence-corrected chi connectivity index (χ2v) is 4.44. The maximum absolute atomic E-state index is 11.9. The molecule has 8 heteroatoms. The number of nitrogens with zero attached hydrogens (tertiary/aromatic N) is 2. The van der Waals surface area contributed by atoms with Crippen LogP contribution in [0.1, 0.15) is 6.92 Å². The lowest BCUT2D eigenvalue weighted by atomic mass is 10.1. The standard InChI is InChI=1S/C11H15ClN4O3/c1-2-19-11(18)8-5-13-3-4-16(8)7-6-14-15-10(17)9(7)12/h6,8,13H,2-5H2,1H3,(H,15,17). The average molecular weight is 287 g/mol. The Bertz CT molecular complexity index is 519. The summed E-state index contributed by atoms with van der Waals surface area (Å²) >= 11 is 5.98. The van der Waals surface area contributed by atoms with Gasteiger partial charge in [-0.15, -0.1) is 0 Å². The summed E-state index contributed by atoms with van der Waals surface area (Å²) in [5.41, 5.74) is -0.0229. The van der Waals surface area contributed by atoms with Crippen molar-refractivity contribution >= 4 is 23.3 Å². The van der Waals surface area contributed by atoms with Crippen LogP contribution in [0.25, 0.3) is 0 Å². The number of hydrogen-bond acceptors (Lipinski definition) is 6. The molecule has 1 fully saturated rings. The van der Waals surface area contributed by atoms with Crippen molar-refractivity contribution in [2.24, 2.45) is 0 Å². The molecule has 104 valence electrons. The number of esters is 1. The zero-order valence-electron chi connectivity index (χ0n) is 10.5. The minimum atomic E-state index is -0.505. The number of rotatable bonds is 3. The van der Waals surface area contributed by atoms with E-state index in [0.717, 1.165) is 0 Å². The van der Waals surface area contributed by atoms with E-state index >= 15 is 0 Å². The van der Waals surface area contributed by atoms with Gasteiger partial charge >= 0.3 is 5.97 Å². The van der Waals surface area contributed by atoms with Gasteiger partial charge in [0.2, 0.25) is 0 Å². The smallest absolute Gasteiger partial charge is 0.330 e. The van der Waals surface area contributed by atoms with E-state index in [1.807, 2.05) is 0 Å². The largest absolute Gasteiger partial charge is 0.464 e. The molecular weight excluding hydrogens is 272 g/mol. The molecule has 1 atom stereocenters. The Balaban J connectivity index is 2.31. The van der Waals surface area contributed by atoms with Gasteiger partial charge in [0.1, 0.15) is 11.1 Å². The van der Waals surface area contributed by atoms with E-state index in [1.54, 1.807) is 11.8 Å². The van der Waals surface area contributed by atoms with Crippen molar-refractivity contribution in [3.8, 4) is 0 Å². The molecule has 0 aliphatic carbocycles. The van der Waals surface area contributed by atoms with Crippen LogP contribution in [0.2, 0.25) is 5.02 Å². The molecule has 0 spiro atoms. The van der Waals surface area contributed by atoms with Crippen LogP contribution in [0.4, 0.5) is 5.69 Å². The third-order valence-corrected chi connectivity index (χ3v) is 3.25. The third kappa shape index (κ3) is 2.87. The van der Waals surface area contributed by atoms with Crippen LogP contribution >= 0.6 is 11.6 Å². The lowest BCUT2D eigenvalue weighted by molar-refractivity contribution is -0.144. The molecule has 7 nitrogen and oxygen atoms in total. The second kappa shape index (κ2) is 6.03. The summed E-state index contributed by atoms with van der Waals surface area (Å²) in [6, 6.07) is -0.505. The number of anilines is 1. The molecule has 1 aromatic heterocycles. The van der Waals surface area contributed by atoms with E-state index in [4.69, 9.17) is 16.3 Å². The molecule has 2 rings (SSSR count). The summed E-state index contributed by atoms with van der Waals surface area (Å²) < 4.78 is 5.03. The number of H-pyrrole nitrogens is 1. The number of piperazine rings is 1. The Morgan fingerprint density at radius 2 is 2.47 bits per heavy atom. The van der Waals surface area contributed by atoms with E-state index in [0.29, 0.717) is 31.9 Å². The molecule has 2 N–H and O–H groups in total. The number of ether oxygens (including phenoxy) is 1. The Kier molecular flexibility index (Phi) is 4.39. The minimum absolute atomic E-state index is 0.0335. The van der Waals surface area contributed by atoms with Gasteiger partial charge in [-0.3, -0.25) is 4.79 Å². The van der Waals surface area contributed by atoms with Crippen LogP contribution in [-0.4, -0.2) is 48.4 Å². The highest BCUT2D eigenvalue weighted by Crippen LogP contribution is 2.23. The van der Waals surface area contributed by atoms with E-state index in [9.17, 15) is 9.59 Å². The second-order valence-electron chi connectivity index (χ2n) is 4.06. The molecule has 1 unspecified atom stereocenters. The zero-order chi connectivity index (χ0) is 13.8. The van der Waals surface area contributed by atoms with Crippen molar-refractivity contribution in [2.45, 2.75) is 13.0 Å². The lowest BCUT2D eigenvalue weighted by Crippen LogP contribution is -2.56. The number of aromatic nitrogens is 2. The number of nitrogens with one attached hydrogen (secondary N) is 2. The fourth-order valence-electron chi connectivity index (χ4n) is 2.02. The van der Waals surface area contributed by atoms with Gasteiger partial charge in [-0.2, -0.15) is 5.10 Å². The molecule has 0 radical (unpaired) electrons. The van der Waals surface area contributed by atoms with Gasteiger partial charge in [-0.25, -0.2) is 9.89 Å². The molecule has 1 saturated heterocycles. The molecule has 2 heterocycles. The van der Waals surface area contributed by atoms with Crippen LogP contribution in [-0.2, 0) is 9.53 Å². The summed E-state index contributed by atoms with van der Waals surface area (Å²) in [7, 11) is 0. The molecule has 19 heavy (non-hydrogen) atoms. The summed E-state index contributed by atoms with van der Waals surface area (Å²) in [6.45, 7) is 3.75. The Hall–Kier alpha value is -1.60. The predicted molar refractivity (Wildman–Crippen MR) is 70.5 cm³/mol. The van der Waals surface area contributed by atoms with Crippen LogP contribution in [0.3, 0.4) is 0 Å². The maximum atomic E-state index is 11.9. The third-order valence-electron chi connectivity index (χ3n) is 2.89. The quantitative estimate of drug-likeness (QED) is 0.746. The monoisotopic (exact) mass is 286 g/mol. The molecule has 1 aliphatic rings. The lowest BCUT2D eigenvalue weighted by Gasteiger charge is -2.36. The van der Waals surface area contributed by atoms with Gasteiger partial charge in [-0.05, 0) is 6.92 Å². The highest BCUT2D eigenvalue weighted by Gasteiger charge is 2.31. The van der Waals surface area contributed by atoms with Gasteiger partial charge in [-0.1, -0.05) is 11.6 Å². The van der Waals surface area contributed by atoms with Gasteiger partial charge in [0.05, 0.1) is 18.5 Å².